The first-order valence-corrected chi connectivity index (χ1v) is 10.1. The highest BCUT2D eigenvalue weighted by Crippen LogP contribution is 2.25. The van der Waals surface area contributed by atoms with E-state index in [0.29, 0.717) is 6.61 Å². The highest BCUT2D eigenvalue weighted by Gasteiger charge is 2.10. The van der Waals surface area contributed by atoms with Gasteiger partial charge in [0, 0.05) is 50.9 Å². The molecule has 0 bridgehead atoms. The summed E-state index contributed by atoms with van der Waals surface area (Å²) in [4.78, 5) is 4.45. The van der Waals surface area contributed by atoms with Crippen LogP contribution in [0.25, 0.3) is 23.1 Å². The van der Waals surface area contributed by atoms with E-state index in [0.717, 1.165) is 60.9 Å². The van der Waals surface area contributed by atoms with Gasteiger partial charge in [-0.15, -0.1) is 12.4 Å². The van der Waals surface area contributed by atoms with Crippen LogP contribution in [0.1, 0.15) is 11.3 Å². The van der Waals surface area contributed by atoms with Crippen LogP contribution in [0.4, 0.5) is 5.69 Å². The monoisotopic (exact) mass is 428 g/mol. The molecule has 1 saturated heterocycles. The van der Waals surface area contributed by atoms with Crippen molar-refractivity contribution in [3.8, 4) is 5.75 Å². The van der Waals surface area contributed by atoms with Gasteiger partial charge in [-0.05, 0) is 42.0 Å². The summed E-state index contributed by atoms with van der Waals surface area (Å²) in [5.41, 5.74) is 3.17. The third-order valence-corrected chi connectivity index (χ3v) is 5.14. The molecule has 0 aliphatic carbocycles. The van der Waals surface area contributed by atoms with Crippen molar-refractivity contribution in [1.29, 1.82) is 0 Å². The first kappa shape index (κ1) is 22.2. The van der Waals surface area contributed by atoms with Gasteiger partial charge in [0.05, 0.1) is 13.2 Å². The molecule has 160 valence electrons. The molecular weight excluding hydrogens is 400 g/mol. The molecule has 0 atom stereocenters. The van der Waals surface area contributed by atoms with Gasteiger partial charge in [-0.2, -0.15) is 0 Å². The van der Waals surface area contributed by atoms with Crippen LogP contribution < -0.4 is 9.64 Å². The summed E-state index contributed by atoms with van der Waals surface area (Å²) in [5.74, 6) is 1.68. The highest BCUT2D eigenvalue weighted by molar-refractivity contribution is 5.85. The molecule has 1 fully saturated rings. The lowest BCUT2D eigenvalue weighted by Gasteiger charge is -2.26. The van der Waals surface area contributed by atoms with E-state index in [1.54, 1.807) is 0 Å². The maximum Gasteiger partial charge on any atom is 0.138 e. The number of morpholine rings is 1. The Morgan fingerprint density at radius 1 is 1.00 bits per heavy atom. The molecule has 4 rings (SSSR count). The van der Waals surface area contributed by atoms with Crippen molar-refractivity contribution in [2.24, 2.45) is 0 Å². The van der Waals surface area contributed by atoms with E-state index >= 15 is 0 Å². The molecule has 6 heteroatoms. The third kappa shape index (κ3) is 5.79. The lowest BCUT2D eigenvalue weighted by molar-refractivity contribution is 0.0322. The number of nitrogens with zero attached hydrogens (tertiary/aromatic N) is 2. The summed E-state index contributed by atoms with van der Waals surface area (Å²) in [7, 11) is 4.08. The first-order chi connectivity index (χ1) is 14.2. The number of hydrogen-bond donors (Lipinski definition) is 0. The van der Waals surface area contributed by atoms with E-state index < -0.39 is 0 Å². The van der Waals surface area contributed by atoms with Gasteiger partial charge < -0.3 is 18.8 Å². The van der Waals surface area contributed by atoms with Crippen molar-refractivity contribution >= 4 is 41.2 Å². The van der Waals surface area contributed by atoms with Crippen LogP contribution in [0, 0.1) is 0 Å². The molecule has 0 N–H and O–H groups in total. The zero-order chi connectivity index (χ0) is 20.1. The maximum absolute atomic E-state index is 5.99. The largest absolute Gasteiger partial charge is 0.492 e. The predicted octanol–water partition coefficient (Wildman–Crippen LogP) is 4.80. The van der Waals surface area contributed by atoms with Crippen molar-refractivity contribution in [2.75, 3.05) is 58.5 Å². The predicted molar refractivity (Wildman–Crippen MR) is 126 cm³/mol. The molecule has 1 aliphatic rings. The van der Waals surface area contributed by atoms with Crippen LogP contribution in [0.5, 0.6) is 5.75 Å². The Bertz CT molecular complexity index is 960. The molecule has 0 unspecified atom stereocenters. The zero-order valence-corrected chi connectivity index (χ0v) is 18.4. The summed E-state index contributed by atoms with van der Waals surface area (Å²) in [5, 5.41) is 1.08. The topological polar surface area (TPSA) is 38.1 Å². The number of furan rings is 1. The molecular formula is C24H29ClN2O3. The standard InChI is InChI=1S/C24H28N2O3.ClH/c1-25(2)21-7-3-19(4-8-21)5-9-23-17-20-6-10-22(18-24(20)29-23)28-16-13-26-11-14-27-15-12-26;/h3-10,17-18H,11-16H2,1-2H3;1H/b9-5+;. The summed E-state index contributed by atoms with van der Waals surface area (Å²) < 4.78 is 17.3. The number of hydrogen-bond acceptors (Lipinski definition) is 5. The molecule has 0 saturated carbocycles. The summed E-state index contributed by atoms with van der Waals surface area (Å²) in [6.07, 6.45) is 4.07. The fraction of sp³-hybridized carbons (Fsp3) is 0.333. The summed E-state index contributed by atoms with van der Waals surface area (Å²) >= 11 is 0. The molecule has 2 aromatic carbocycles. The van der Waals surface area contributed by atoms with Gasteiger partial charge in [0.15, 0.2) is 0 Å². The van der Waals surface area contributed by atoms with Crippen molar-refractivity contribution < 1.29 is 13.9 Å². The second kappa shape index (κ2) is 10.5. The quantitative estimate of drug-likeness (QED) is 0.540. The van der Waals surface area contributed by atoms with Crippen LogP contribution in [0.15, 0.2) is 52.9 Å². The van der Waals surface area contributed by atoms with Crippen LogP contribution in [0.2, 0.25) is 0 Å². The Kier molecular flexibility index (Phi) is 7.80. The molecule has 5 nitrogen and oxygen atoms in total. The Hall–Kier alpha value is -2.47. The second-order valence-electron chi connectivity index (χ2n) is 7.47. The van der Waals surface area contributed by atoms with E-state index in [-0.39, 0.29) is 12.4 Å². The van der Waals surface area contributed by atoms with Gasteiger partial charge in [0.2, 0.25) is 0 Å². The van der Waals surface area contributed by atoms with Crippen LogP contribution in [-0.4, -0.2) is 58.5 Å². The van der Waals surface area contributed by atoms with Gasteiger partial charge in [-0.3, -0.25) is 4.90 Å². The molecule has 0 amide bonds. The number of fused-ring (bicyclic) bond motifs is 1. The van der Waals surface area contributed by atoms with Crippen molar-refractivity contribution in [1.82, 2.24) is 4.90 Å². The highest BCUT2D eigenvalue weighted by atomic mass is 35.5. The number of rotatable bonds is 7. The van der Waals surface area contributed by atoms with E-state index in [2.05, 4.69) is 46.2 Å². The van der Waals surface area contributed by atoms with Gasteiger partial charge in [0.25, 0.3) is 0 Å². The van der Waals surface area contributed by atoms with Crippen molar-refractivity contribution in [3.63, 3.8) is 0 Å². The second-order valence-corrected chi connectivity index (χ2v) is 7.47. The Balaban J connectivity index is 0.00000256. The molecule has 3 aromatic rings. The fourth-order valence-corrected chi connectivity index (χ4v) is 3.38. The SMILES string of the molecule is CN(C)c1ccc(/C=C/c2cc3ccc(OCCN4CCOCC4)cc3o2)cc1.Cl. The smallest absolute Gasteiger partial charge is 0.138 e. The van der Waals surface area contributed by atoms with Crippen LogP contribution in [-0.2, 0) is 4.74 Å². The van der Waals surface area contributed by atoms with E-state index in [9.17, 15) is 0 Å². The average molecular weight is 429 g/mol. The molecule has 30 heavy (non-hydrogen) atoms. The normalized spacial score (nSPS) is 14.7. The molecule has 1 aliphatic heterocycles. The van der Waals surface area contributed by atoms with E-state index in [1.807, 2.05) is 38.4 Å². The van der Waals surface area contributed by atoms with Crippen LogP contribution >= 0.6 is 12.4 Å². The number of benzene rings is 2. The average Bonchev–Trinajstić information content (AvgIpc) is 3.15. The molecule has 2 heterocycles. The molecule has 1 aromatic heterocycles. The minimum absolute atomic E-state index is 0. The summed E-state index contributed by atoms with van der Waals surface area (Å²) in [6.45, 7) is 5.17. The van der Waals surface area contributed by atoms with Crippen molar-refractivity contribution in [2.45, 2.75) is 0 Å². The molecule has 0 radical (unpaired) electrons. The number of halogens is 1. The van der Waals surface area contributed by atoms with Gasteiger partial charge >= 0.3 is 0 Å². The summed E-state index contributed by atoms with van der Waals surface area (Å²) in [6, 6.07) is 16.5. The van der Waals surface area contributed by atoms with Gasteiger partial charge in [-0.1, -0.05) is 18.2 Å². The Labute approximate surface area is 184 Å². The van der Waals surface area contributed by atoms with Gasteiger partial charge in [-0.25, -0.2) is 0 Å². The lowest BCUT2D eigenvalue weighted by atomic mass is 10.1. The molecule has 0 spiro atoms. The maximum atomic E-state index is 5.99. The number of ether oxygens (including phenoxy) is 2. The van der Waals surface area contributed by atoms with Gasteiger partial charge in [0.1, 0.15) is 23.7 Å². The lowest BCUT2D eigenvalue weighted by Crippen LogP contribution is -2.38. The van der Waals surface area contributed by atoms with Crippen LogP contribution in [0.3, 0.4) is 0 Å². The van der Waals surface area contributed by atoms with E-state index in [4.69, 9.17) is 13.9 Å². The Morgan fingerprint density at radius 3 is 2.50 bits per heavy atom. The Morgan fingerprint density at radius 2 is 1.77 bits per heavy atom. The minimum Gasteiger partial charge on any atom is -0.492 e. The minimum atomic E-state index is 0. The number of anilines is 1. The third-order valence-electron chi connectivity index (χ3n) is 5.14. The fourth-order valence-electron chi connectivity index (χ4n) is 3.38. The van der Waals surface area contributed by atoms with E-state index in [1.165, 1.54) is 5.69 Å². The van der Waals surface area contributed by atoms with Crippen molar-refractivity contribution in [3.05, 3.63) is 59.9 Å². The first-order valence-electron chi connectivity index (χ1n) is 10.1. The zero-order valence-electron chi connectivity index (χ0n) is 17.5.